The normalized spacial score (nSPS) is 11.6. The molecule has 2 amide bonds. The number of aromatic nitrogens is 1. The third-order valence-electron chi connectivity index (χ3n) is 4.64. The highest BCUT2D eigenvalue weighted by molar-refractivity contribution is 7.89. The zero-order chi connectivity index (χ0) is 21.9. The molecule has 3 aromatic rings. The molecule has 30 heavy (non-hydrogen) atoms. The molecular formula is C21H24N4O4S. The van der Waals surface area contributed by atoms with Crippen LogP contribution < -0.4 is 10.6 Å². The van der Waals surface area contributed by atoms with E-state index >= 15 is 0 Å². The number of aryl methyl sites for hydroxylation is 1. The van der Waals surface area contributed by atoms with Crippen LogP contribution in [-0.2, 0) is 26.2 Å². The number of hydrogen-bond acceptors (Lipinski definition) is 4. The Balaban J connectivity index is 1.67. The zero-order valence-corrected chi connectivity index (χ0v) is 17.9. The second-order valence-electron chi connectivity index (χ2n) is 6.89. The predicted molar refractivity (Wildman–Crippen MR) is 117 cm³/mol. The average molecular weight is 429 g/mol. The molecule has 0 aliphatic heterocycles. The number of hydrogen-bond donors (Lipinski definition) is 2. The first-order valence-electron chi connectivity index (χ1n) is 9.43. The van der Waals surface area contributed by atoms with Gasteiger partial charge in [-0.2, -0.15) is 4.31 Å². The Bertz CT molecular complexity index is 1180. The van der Waals surface area contributed by atoms with Gasteiger partial charge < -0.3 is 15.2 Å². The third kappa shape index (κ3) is 4.69. The lowest BCUT2D eigenvalue weighted by molar-refractivity contribution is -0.116. The molecule has 0 saturated heterocycles. The highest BCUT2D eigenvalue weighted by Gasteiger charge is 2.23. The maximum Gasteiger partial charge on any atom is 0.243 e. The summed E-state index contributed by atoms with van der Waals surface area (Å²) in [7, 11) is -2.50. The van der Waals surface area contributed by atoms with E-state index in [1.807, 2.05) is 24.4 Å². The minimum atomic E-state index is -3.85. The van der Waals surface area contributed by atoms with Crippen molar-refractivity contribution in [1.82, 2.24) is 8.87 Å². The molecular weight excluding hydrogens is 404 g/mol. The molecule has 0 unspecified atom stereocenters. The summed E-state index contributed by atoms with van der Waals surface area (Å²) < 4.78 is 28.5. The van der Waals surface area contributed by atoms with Crippen LogP contribution in [0.2, 0.25) is 0 Å². The van der Waals surface area contributed by atoms with Crippen molar-refractivity contribution in [1.29, 1.82) is 0 Å². The number of rotatable bonds is 7. The number of nitrogens with one attached hydrogen (secondary N) is 2. The summed E-state index contributed by atoms with van der Waals surface area (Å²) in [6.07, 6.45) is 1.98. The van der Waals surface area contributed by atoms with Crippen molar-refractivity contribution in [3.05, 3.63) is 54.7 Å². The van der Waals surface area contributed by atoms with Crippen molar-refractivity contribution < 1.29 is 18.0 Å². The SMILES string of the molecule is CCn1ccc2cc(NC(=O)CN(C)S(=O)(=O)c3ccc(NC(C)=O)cc3)ccc21. The minimum absolute atomic E-state index is 0.0363. The van der Waals surface area contributed by atoms with Gasteiger partial charge in [-0.1, -0.05) is 0 Å². The van der Waals surface area contributed by atoms with Crippen molar-refractivity contribution in [3.8, 4) is 0 Å². The fourth-order valence-corrected chi connectivity index (χ4v) is 4.26. The van der Waals surface area contributed by atoms with E-state index in [9.17, 15) is 18.0 Å². The Kier molecular flexibility index (Phi) is 6.23. The molecule has 158 valence electrons. The van der Waals surface area contributed by atoms with Gasteiger partial charge in [-0.15, -0.1) is 0 Å². The van der Waals surface area contributed by atoms with Gasteiger partial charge in [0, 0.05) is 49.0 Å². The van der Waals surface area contributed by atoms with E-state index in [1.165, 1.54) is 38.2 Å². The van der Waals surface area contributed by atoms with Gasteiger partial charge in [0.1, 0.15) is 0 Å². The lowest BCUT2D eigenvalue weighted by atomic mass is 10.2. The Morgan fingerprint density at radius 3 is 2.30 bits per heavy atom. The summed E-state index contributed by atoms with van der Waals surface area (Å²) in [6, 6.07) is 13.3. The lowest BCUT2D eigenvalue weighted by Gasteiger charge is -2.17. The Labute approximate surface area is 175 Å². The van der Waals surface area contributed by atoms with Gasteiger partial charge in [0.2, 0.25) is 21.8 Å². The molecule has 0 spiro atoms. The molecule has 0 radical (unpaired) electrons. The summed E-state index contributed by atoms with van der Waals surface area (Å²) in [5.41, 5.74) is 2.17. The predicted octanol–water partition coefficient (Wildman–Crippen LogP) is 2.88. The fourth-order valence-electron chi connectivity index (χ4n) is 3.13. The monoisotopic (exact) mass is 428 g/mol. The Morgan fingerprint density at radius 2 is 1.67 bits per heavy atom. The van der Waals surface area contributed by atoms with E-state index in [4.69, 9.17) is 0 Å². The largest absolute Gasteiger partial charge is 0.348 e. The third-order valence-corrected chi connectivity index (χ3v) is 6.46. The van der Waals surface area contributed by atoms with Crippen LogP contribution in [-0.4, -0.2) is 42.7 Å². The fraction of sp³-hybridized carbons (Fsp3) is 0.238. The second kappa shape index (κ2) is 8.68. The molecule has 8 nitrogen and oxygen atoms in total. The van der Waals surface area contributed by atoms with Crippen molar-refractivity contribution in [2.75, 3.05) is 24.2 Å². The maximum atomic E-state index is 12.7. The molecule has 1 aromatic heterocycles. The van der Waals surface area contributed by atoms with Crippen molar-refractivity contribution in [3.63, 3.8) is 0 Å². The Morgan fingerprint density at radius 1 is 1.00 bits per heavy atom. The molecule has 3 rings (SSSR count). The standard InChI is InChI=1S/C21H24N4O4S/c1-4-25-12-11-16-13-18(7-10-20(16)25)23-21(27)14-24(3)30(28,29)19-8-5-17(6-9-19)22-15(2)26/h5-13H,4,14H2,1-3H3,(H,22,26)(H,23,27). The van der Waals surface area contributed by atoms with E-state index < -0.39 is 15.9 Å². The van der Waals surface area contributed by atoms with Crippen LogP contribution in [0.3, 0.4) is 0 Å². The van der Waals surface area contributed by atoms with Gasteiger partial charge in [0.25, 0.3) is 0 Å². The number of fused-ring (bicyclic) bond motifs is 1. The topological polar surface area (TPSA) is 101 Å². The molecule has 0 aliphatic carbocycles. The van der Waals surface area contributed by atoms with Gasteiger partial charge in [0.05, 0.1) is 11.4 Å². The highest BCUT2D eigenvalue weighted by Crippen LogP contribution is 2.21. The van der Waals surface area contributed by atoms with Gasteiger partial charge in [-0.3, -0.25) is 9.59 Å². The number of amides is 2. The van der Waals surface area contributed by atoms with Gasteiger partial charge >= 0.3 is 0 Å². The first kappa shape index (κ1) is 21.5. The molecule has 0 fully saturated rings. The van der Waals surface area contributed by atoms with Crippen LogP contribution in [0.5, 0.6) is 0 Å². The number of anilines is 2. The van der Waals surface area contributed by atoms with Gasteiger partial charge in [-0.25, -0.2) is 8.42 Å². The second-order valence-corrected chi connectivity index (χ2v) is 8.94. The van der Waals surface area contributed by atoms with Crippen LogP contribution >= 0.6 is 0 Å². The first-order chi connectivity index (χ1) is 14.2. The molecule has 0 aliphatic rings. The highest BCUT2D eigenvalue weighted by atomic mass is 32.2. The number of nitrogens with zero attached hydrogens (tertiary/aromatic N) is 2. The summed E-state index contributed by atoms with van der Waals surface area (Å²) in [5.74, 6) is -0.686. The summed E-state index contributed by atoms with van der Waals surface area (Å²) in [6.45, 7) is 3.94. The minimum Gasteiger partial charge on any atom is -0.348 e. The van der Waals surface area contributed by atoms with Crippen molar-refractivity contribution in [2.45, 2.75) is 25.3 Å². The molecule has 9 heteroatoms. The van der Waals surface area contributed by atoms with E-state index in [0.29, 0.717) is 11.4 Å². The van der Waals surface area contributed by atoms with E-state index in [2.05, 4.69) is 22.1 Å². The number of carbonyl (C=O) groups excluding carboxylic acids is 2. The van der Waals surface area contributed by atoms with Crippen LogP contribution in [0.4, 0.5) is 11.4 Å². The Hall–Kier alpha value is -3.17. The first-order valence-corrected chi connectivity index (χ1v) is 10.9. The van der Waals surface area contributed by atoms with Gasteiger partial charge in [0.15, 0.2) is 0 Å². The lowest BCUT2D eigenvalue weighted by Crippen LogP contribution is -2.34. The van der Waals surface area contributed by atoms with Gasteiger partial charge in [-0.05, 0) is 55.5 Å². The summed E-state index contributed by atoms with van der Waals surface area (Å²) in [4.78, 5) is 23.5. The van der Waals surface area contributed by atoms with Crippen LogP contribution in [0.25, 0.3) is 10.9 Å². The van der Waals surface area contributed by atoms with E-state index in [-0.39, 0.29) is 17.3 Å². The smallest absolute Gasteiger partial charge is 0.243 e. The molecule has 0 atom stereocenters. The molecule has 0 saturated carbocycles. The quantitative estimate of drug-likeness (QED) is 0.604. The number of carbonyl (C=O) groups is 2. The van der Waals surface area contributed by atoms with Crippen LogP contribution in [0.15, 0.2) is 59.6 Å². The number of likely N-dealkylation sites (N-methyl/N-ethyl adjacent to an activating group) is 1. The van der Waals surface area contributed by atoms with Crippen molar-refractivity contribution in [2.24, 2.45) is 0 Å². The van der Waals surface area contributed by atoms with E-state index in [0.717, 1.165) is 21.8 Å². The summed E-state index contributed by atoms with van der Waals surface area (Å²) in [5, 5.41) is 6.32. The molecule has 0 bridgehead atoms. The molecule has 2 N–H and O–H groups in total. The van der Waals surface area contributed by atoms with Crippen LogP contribution in [0, 0.1) is 0 Å². The van der Waals surface area contributed by atoms with Crippen molar-refractivity contribution >= 4 is 44.1 Å². The number of benzene rings is 2. The molecule has 2 aromatic carbocycles. The van der Waals surface area contributed by atoms with Crippen LogP contribution in [0.1, 0.15) is 13.8 Å². The average Bonchev–Trinajstić information content (AvgIpc) is 3.10. The maximum absolute atomic E-state index is 12.7. The summed E-state index contributed by atoms with van der Waals surface area (Å²) >= 11 is 0. The molecule has 1 heterocycles. The van der Waals surface area contributed by atoms with E-state index in [1.54, 1.807) is 6.07 Å². The number of sulfonamides is 1. The zero-order valence-electron chi connectivity index (χ0n) is 17.0.